The van der Waals surface area contributed by atoms with E-state index in [-0.39, 0.29) is 0 Å². The summed E-state index contributed by atoms with van der Waals surface area (Å²) in [6.07, 6.45) is 0.731. The molecule has 1 aromatic carbocycles. The summed E-state index contributed by atoms with van der Waals surface area (Å²) in [7, 11) is 1.43. The molecule has 0 N–H and O–H groups in total. The molecule has 1 aromatic rings. The van der Waals surface area contributed by atoms with Crippen LogP contribution >= 0.6 is 0 Å². The van der Waals surface area contributed by atoms with Crippen LogP contribution in [0.3, 0.4) is 0 Å². The van der Waals surface area contributed by atoms with Crippen molar-refractivity contribution in [3.8, 4) is 0 Å². The van der Waals surface area contributed by atoms with Crippen LogP contribution in [-0.2, 0) is 9.53 Å². The van der Waals surface area contributed by atoms with Gasteiger partial charge in [0.25, 0.3) is 0 Å². The highest BCUT2D eigenvalue weighted by Gasteiger charge is 2.11. The van der Waals surface area contributed by atoms with Gasteiger partial charge in [-0.1, -0.05) is 24.3 Å². The smallest absolute Gasteiger partial charge is 0.153 e. The number of aldehydes is 2. The van der Waals surface area contributed by atoms with Crippen molar-refractivity contribution in [2.24, 2.45) is 0 Å². The number of carbonyl (C=O) groups excluding carboxylic acids is 2. The second-order valence-corrected chi connectivity index (χ2v) is 2.54. The monoisotopic (exact) mass is 178 g/mol. The van der Waals surface area contributed by atoms with Gasteiger partial charge in [-0.05, 0) is 5.56 Å². The van der Waals surface area contributed by atoms with Crippen LogP contribution in [0.4, 0.5) is 0 Å². The first-order valence-corrected chi connectivity index (χ1v) is 3.85. The van der Waals surface area contributed by atoms with E-state index in [1.165, 1.54) is 7.11 Å². The SMILES string of the molecule is COC(C=O)c1ccccc1C=O. The molecule has 0 aliphatic rings. The predicted octanol–water partition coefficient (Wildman–Crippen LogP) is 1.39. The molecule has 0 aliphatic carbocycles. The van der Waals surface area contributed by atoms with Crippen LogP contribution in [0.2, 0.25) is 0 Å². The zero-order chi connectivity index (χ0) is 9.68. The molecule has 0 saturated heterocycles. The minimum absolute atomic E-state index is 0.487. The molecule has 13 heavy (non-hydrogen) atoms. The van der Waals surface area contributed by atoms with Crippen molar-refractivity contribution in [3.05, 3.63) is 35.4 Å². The lowest BCUT2D eigenvalue weighted by Gasteiger charge is -2.09. The van der Waals surface area contributed by atoms with Gasteiger partial charge in [-0.2, -0.15) is 0 Å². The largest absolute Gasteiger partial charge is 0.369 e. The van der Waals surface area contributed by atoms with Gasteiger partial charge in [0, 0.05) is 12.7 Å². The standard InChI is InChI=1S/C10H10O3/c1-13-10(7-12)9-5-3-2-4-8(9)6-11/h2-7,10H,1H3. The fourth-order valence-corrected chi connectivity index (χ4v) is 1.13. The van der Waals surface area contributed by atoms with Crippen molar-refractivity contribution in [3.63, 3.8) is 0 Å². The molecule has 68 valence electrons. The first-order chi connectivity index (χ1) is 6.33. The Bertz CT molecular complexity index is 307. The second-order valence-electron chi connectivity index (χ2n) is 2.54. The van der Waals surface area contributed by atoms with Gasteiger partial charge in [0.2, 0.25) is 0 Å². The van der Waals surface area contributed by atoms with E-state index in [1.807, 2.05) is 0 Å². The van der Waals surface area contributed by atoms with Gasteiger partial charge in [0.05, 0.1) is 0 Å². The van der Waals surface area contributed by atoms with E-state index in [4.69, 9.17) is 4.74 Å². The summed E-state index contributed by atoms with van der Waals surface area (Å²) >= 11 is 0. The predicted molar refractivity (Wildman–Crippen MR) is 47.6 cm³/mol. The summed E-state index contributed by atoms with van der Waals surface area (Å²) in [5.74, 6) is 0. The van der Waals surface area contributed by atoms with E-state index < -0.39 is 6.10 Å². The van der Waals surface area contributed by atoms with Gasteiger partial charge in [-0.25, -0.2) is 0 Å². The summed E-state index contributed by atoms with van der Waals surface area (Å²) < 4.78 is 4.90. The van der Waals surface area contributed by atoms with E-state index in [1.54, 1.807) is 24.3 Å². The van der Waals surface area contributed by atoms with Crippen molar-refractivity contribution < 1.29 is 14.3 Å². The van der Waals surface area contributed by atoms with Gasteiger partial charge in [0.1, 0.15) is 12.4 Å². The summed E-state index contributed by atoms with van der Waals surface area (Å²) in [5.41, 5.74) is 1.09. The highest BCUT2D eigenvalue weighted by molar-refractivity contribution is 5.79. The maximum absolute atomic E-state index is 10.6. The third-order valence-electron chi connectivity index (χ3n) is 1.81. The zero-order valence-corrected chi connectivity index (χ0v) is 7.27. The number of benzene rings is 1. The maximum Gasteiger partial charge on any atom is 0.153 e. The quantitative estimate of drug-likeness (QED) is 0.654. The average molecular weight is 178 g/mol. The van der Waals surface area contributed by atoms with E-state index in [0.717, 1.165) is 0 Å². The molecule has 0 spiro atoms. The molecule has 3 heteroatoms. The molecule has 0 saturated carbocycles. The summed E-state index contributed by atoms with van der Waals surface area (Å²) in [5, 5.41) is 0. The molecule has 1 atom stereocenters. The lowest BCUT2D eigenvalue weighted by molar-refractivity contribution is -0.116. The van der Waals surface area contributed by atoms with Gasteiger partial charge >= 0.3 is 0 Å². The van der Waals surface area contributed by atoms with Crippen molar-refractivity contribution in [1.29, 1.82) is 0 Å². The number of ether oxygens (including phenoxy) is 1. The number of hydrogen-bond acceptors (Lipinski definition) is 3. The molecular weight excluding hydrogens is 168 g/mol. The molecule has 0 amide bonds. The van der Waals surface area contributed by atoms with Gasteiger partial charge in [-0.15, -0.1) is 0 Å². The Morgan fingerprint density at radius 3 is 2.54 bits per heavy atom. The van der Waals surface area contributed by atoms with Crippen LogP contribution in [0.5, 0.6) is 0 Å². The molecule has 0 radical (unpaired) electrons. The molecule has 0 fully saturated rings. The van der Waals surface area contributed by atoms with E-state index in [0.29, 0.717) is 23.7 Å². The molecule has 0 aliphatic heterocycles. The number of hydrogen-bond donors (Lipinski definition) is 0. The Kier molecular flexibility index (Phi) is 3.34. The van der Waals surface area contributed by atoms with Crippen molar-refractivity contribution >= 4 is 12.6 Å². The summed E-state index contributed by atoms with van der Waals surface area (Å²) in [6.45, 7) is 0. The van der Waals surface area contributed by atoms with E-state index >= 15 is 0 Å². The molecule has 1 unspecified atom stereocenters. The highest BCUT2D eigenvalue weighted by Crippen LogP contribution is 2.17. The summed E-state index contributed by atoms with van der Waals surface area (Å²) in [4.78, 5) is 21.2. The van der Waals surface area contributed by atoms with Gasteiger partial charge < -0.3 is 9.53 Å². The third-order valence-corrected chi connectivity index (χ3v) is 1.81. The van der Waals surface area contributed by atoms with Gasteiger partial charge in [0.15, 0.2) is 6.29 Å². The molecule has 3 nitrogen and oxygen atoms in total. The molecule has 0 bridgehead atoms. The molecule has 1 rings (SSSR count). The normalized spacial score (nSPS) is 12.1. The lowest BCUT2D eigenvalue weighted by Crippen LogP contribution is -2.05. The Balaban J connectivity index is 3.10. The van der Waals surface area contributed by atoms with Crippen LogP contribution in [0.15, 0.2) is 24.3 Å². The molecule has 0 heterocycles. The Morgan fingerprint density at radius 2 is 2.00 bits per heavy atom. The van der Waals surface area contributed by atoms with Crippen molar-refractivity contribution in [2.75, 3.05) is 7.11 Å². The topological polar surface area (TPSA) is 43.4 Å². The maximum atomic E-state index is 10.6. The Hall–Kier alpha value is -1.48. The third kappa shape index (κ3) is 2.00. The number of carbonyl (C=O) groups is 2. The van der Waals surface area contributed by atoms with Crippen molar-refractivity contribution in [1.82, 2.24) is 0 Å². The average Bonchev–Trinajstić information content (AvgIpc) is 2.20. The number of methoxy groups -OCH3 is 1. The first-order valence-electron chi connectivity index (χ1n) is 3.85. The Morgan fingerprint density at radius 1 is 1.31 bits per heavy atom. The van der Waals surface area contributed by atoms with Crippen LogP contribution in [0.1, 0.15) is 22.0 Å². The first kappa shape index (κ1) is 9.61. The Labute approximate surface area is 76.3 Å². The lowest BCUT2D eigenvalue weighted by atomic mass is 10.0. The minimum Gasteiger partial charge on any atom is -0.369 e. The van der Waals surface area contributed by atoms with Crippen LogP contribution in [0.25, 0.3) is 0 Å². The van der Waals surface area contributed by atoms with Crippen LogP contribution in [0, 0.1) is 0 Å². The zero-order valence-electron chi connectivity index (χ0n) is 7.27. The number of rotatable bonds is 4. The van der Waals surface area contributed by atoms with E-state index in [9.17, 15) is 9.59 Å². The fraction of sp³-hybridized carbons (Fsp3) is 0.200. The van der Waals surface area contributed by atoms with Gasteiger partial charge in [-0.3, -0.25) is 4.79 Å². The summed E-state index contributed by atoms with van der Waals surface area (Å²) in [6, 6.07) is 6.85. The van der Waals surface area contributed by atoms with Crippen molar-refractivity contribution in [2.45, 2.75) is 6.10 Å². The molecular formula is C10H10O3. The fourth-order valence-electron chi connectivity index (χ4n) is 1.13. The molecule has 0 aromatic heterocycles. The second kappa shape index (κ2) is 4.52. The highest BCUT2D eigenvalue weighted by atomic mass is 16.5. The van der Waals surface area contributed by atoms with E-state index in [2.05, 4.69) is 0 Å². The van der Waals surface area contributed by atoms with Crippen LogP contribution in [-0.4, -0.2) is 19.7 Å². The minimum atomic E-state index is -0.651. The van der Waals surface area contributed by atoms with Crippen LogP contribution < -0.4 is 0 Å².